The Labute approximate surface area is 100 Å². The molecule has 0 atom stereocenters. The maximum absolute atomic E-state index is 11.8. The molecule has 0 bridgehead atoms. The molecule has 1 aromatic heterocycles. The molecule has 1 rings (SSSR count). The van der Waals surface area contributed by atoms with E-state index in [4.69, 9.17) is 17.3 Å². The van der Waals surface area contributed by atoms with Gasteiger partial charge in [0.1, 0.15) is 5.82 Å². The van der Waals surface area contributed by atoms with Gasteiger partial charge in [0.25, 0.3) is 0 Å². The average molecular weight is 242 g/mol. The Balaban J connectivity index is 2.77. The molecule has 0 aliphatic carbocycles. The van der Waals surface area contributed by atoms with Crippen molar-refractivity contribution in [2.75, 3.05) is 12.3 Å². The van der Waals surface area contributed by atoms with Gasteiger partial charge in [-0.05, 0) is 26.8 Å². The van der Waals surface area contributed by atoms with E-state index >= 15 is 0 Å². The fourth-order valence-electron chi connectivity index (χ4n) is 1.11. The molecule has 0 radical (unpaired) electrons. The summed E-state index contributed by atoms with van der Waals surface area (Å²) < 4.78 is 0. The van der Waals surface area contributed by atoms with Gasteiger partial charge in [0, 0.05) is 11.7 Å². The number of pyridine rings is 1. The van der Waals surface area contributed by atoms with E-state index in [1.165, 1.54) is 12.3 Å². The standard InChI is InChI=1S/C11H16ClN3O/c1-11(2,3)15-6-9(16)8-4-7(12)5-14-10(8)13/h4-5,15H,6H2,1-3H3,(H2,13,14). The van der Waals surface area contributed by atoms with Crippen LogP contribution in [0.5, 0.6) is 0 Å². The summed E-state index contributed by atoms with van der Waals surface area (Å²) >= 11 is 5.76. The number of Topliss-reactive ketones (excluding diaryl/α,β-unsaturated/α-hetero) is 1. The summed E-state index contributed by atoms with van der Waals surface area (Å²) in [6.07, 6.45) is 1.42. The SMILES string of the molecule is CC(C)(C)NCC(=O)c1cc(Cl)cnc1N. The zero-order valence-corrected chi connectivity index (χ0v) is 10.4. The van der Waals surface area contributed by atoms with Crippen LogP contribution in [-0.4, -0.2) is 22.9 Å². The van der Waals surface area contributed by atoms with Crippen molar-refractivity contribution in [3.05, 3.63) is 22.8 Å². The molecular weight excluding hydrogens is 226 g/mol. The molecular formula is C11H16ClN3O. The maximum Gasteiger partial charge on any atom is 0.180 e. The zero-order valence-electron chi connectivity index (χ0n) is 9.67. The quantitative estimate of drug-likeness (QED) is 0.793. The first-order chi connectivity index (χ1) is 7.29. The van der Waals surface area contributed by atoms with E-state index in [2.05, 4.69) is 10.3 Å². The minimum atomic E-state index is -0.115. The number of carbonyl (C=O) groups is 1. The van der Waals surface area contributed by atoms with Crippen molar-refractivity contribution in [3.8, 4) is 0 Å². The van der Waals surface area contributed by atoms with E-state index in [-0.39, 0.29) is 23.7 Å². The monoisotopic (exact) mass is 241 g/mol. The van der Waals surface area contributed by atoms with Crippen molar-refractivity contribution >= 4 is 23.2 Å². The highest BCUT2D eigenvalue weighted by Crippen LogP contribution is 2.15. The number of anilines is 1. The van der Waals surface area contributed by atoms with Crippen LogP contribution in [0.3, 0.4) is 0 Å². The van der Waals surface area contributed by atoms with E-state index in [1.807, 2.05) is 20.8 Å². The number of nitrogens with zero attached hydrogens (tertiary/aromatic N) is 1. The first-order valence-corrected chi connectivity index (χ1v) is 5.36. The third kappa shape index (κ3) is 3.79. The molecule has 0 amide bonds. The van der Waals surface area contributed by atoms with Crippen molar-refractivity contribution in [2.24, 2.45) is 0 Å². The van der Waals surface area contributed by atoms with Crippen molar-refractivity contribution in [1.29, 1.82) is 0 Å². The molecule has 0 spiro atoms. The molecule has 5 heteroatoms. The second kappa shape index (κ2) is 4.80. The Kier molecular flexibility index (Phi) is 3.88. The fourth-order valence-corrected chi connectivity index (χ4v) is 1.27. The Morgan fingerprint density at radius 3 is 2.75 bits per heavy atom. The van der Waals surface area contributed by atoms with Gasteiger partial charge in [-0.3, -0.25) is 4.79 Å². The molecule has 1 aromatic rings. The average Bonchev–Trinajstić information content (AvgIpc) is 2.17. The van der Waals surface area contributed by atoms with Crippen LogP contribution in [0.25, 0.3) is 0 Å². The molecule has 16 heavy (non-hydrogen) atoms. The lowest BCUT2D eigenvalue weighted by Gasteiger charge is -2.19. The predicted molar refractivity (Wildman–Crippen MR) is 65.7 cm³/mol. The molecule has 0 fully saturated rings. The number of nitrogens with two attached hydrogens (primary N) is 1. The van der Waals surface area contributed by atoms with Gasteiger partial charge in [-0.1, -0.05) is 11.6 Å². The van der Waals surface area contributed by atoms with Crippen LogP contribution in [-0.2, 0) is 0 Å². The van der Waals surface area contributed by atoms with Crippen LogP contribution in [0.15, 0.2) is 12.3 Å². The van der Waals surface area contributed by atoms with E-state index in [0.29, 0.717) is 10.6 Å². The summed E-state index contributed by atoms with van der Waals surface area (Å²) in [5, 5.41) is 3.50. The molecule has 0 aromatic carbocycles. The number of carbonyl (C=O) groups excluding carboxylic acids is 1. The summed E-state index contributed by atoms with van der Waals surface area (Å²) in [6.45, 7) is 6.18. The summed E-state index contributed by atoms with van der Waals surface area (Å²) in [7, 11) is 0. The first-order valence-electron chi connectivity index (χ1n) is 4.99. The number of nitrogen functional groups attached to an aromatic ring is 1. The third-order valence-electron chi connectivity index (χ3n) is 1.96. The molecule has 88 valence electrons. The van der Waals surface area contributed by atoms with Crippen LogP contribution >= 0.6 is 11.6 Å². The maximum atomic E-state index is 11.8. The Morgan fingerprint density at radius 2 is 2.19 bits per heavy atom. The van der Waals surface area contributed by atoms with E-state index in [0.717, 1.165) is 0 Å². The highest BCUT2D eigenvalue weighted by Gasteiger charge is 2.15. The summed E-state index contributed by atoms with van der Waals surface area (Å²) in [5.74, 6) is 0.104. The van der Waals surface area contributed by atoms with Crippen LogP contribution in [0.4, 0.5) is 5.82 Å². The Bertz CT molecular complexity index is 399. The van der Waals surface area contributed by atoms with Gasteiger partial charge in [-0.25, -0.2) is 4.98 Å². The van der Waals surface area contributed by atoms with Crippen molar-refractivity contribution in [3.63, 3.8) is 0 Å². The minimum absolute atomic E-state index is 0.109. The highest BCUT2D eigenvalue weighted by atomic mass is 35.5. The number of halogens is 1. The number of ketones is 1. The molecule has 0 aliphatic rings. The number of aromatic nitrogens is 1. The van der Waals surface area contributed by atoms with Crippen LogP contribution in [0, 0.1) is 0 Å². The molecule has 0 saturated heterocycles. The van der Waals surface area contributed by atoms with E-state index < -0.39 is 0 Å². The normalized spacial score (nSPS) is 11.5. The predicted octanol–water partition coefficient (Wildman–Crippen LogP) is 1.89. The molecule has 0 aliphatic heterocycles. The van der Waals surface area contributed by atoms with Gasteiger partial charge >= 0.3 is 0 Å². The van der Waals surface area contributed by atoms with Gasteiger partial charge in [0.05, 0.1) is 17.1 Å². The largest absolute Gasteiger partial charge is 0.383 e. The Hall–Kier alpha value is -1.13. The van der Waals surface area contributed by atoms with Crippen molar-refractivity contribution in [2.45, 2.75) is 26.3 Å². The first kappa shape index (κ1) is 12.9. The topological polar surface area (TPSA) is 68.0 Å². The minimum Gasteiger partial charge on any atom is -0.383 e. The van der Waals surface area contributed by atoms with E-state index in [1.54, 1.807) is 0 Å². The van der Waals surface area contributed by atoms with Crippen LogP contribution < -0.4 is 11.1 Å². The summed E-state index contributed by atoms with van der Waals surface area (Å²) in [4.78, 5) is 15.7. The van der Waals surface area contributed by atoms with Crippen LogP contribution in [0.1, 0.15) is 31.1 Å². The van der Waals surface area contributed by atoms with Gasteiger partial charge in [0.15, 0.2) is 5.78 Å². The molecule has 0 saturated carbocycles. The molecule has 3 N–H and O–H groups in total. The van der Waals surface area contributed by atoms with Crippen molar-refractivity contribution in [1.82, 2.24) is 10.3 Å². The van der Waals surface area contributed by atoms with Crippen LogP contribution in [0.2, 0.25) is 5.02 Å². The number of nitrogens with one attached hydrogen (secondary N) is 1. The van der Waals surface area contributed by atoms with Gasteiger partial charge in [0.2, 0.25) is 0 Å². The molecule has 4 nitrogen and oxygen atoms in total. The number of rotatable bonds is 3. The second-order valence-corrected chi connectivity index (χ2v) is 5.05. The van der Waals surface area contributed by atoms with Gasteiger partial charge in [-0.2, -0.15) is 0 Å². The van der Waals surface area contributed by atoms with Crippen molar-refractivity contribution < 1.29 is 4.79 Å². The fraction of sp³-hybridized carbons (Fsp3) is 0.455. The smallest absolute Gasteiger partial charge is 0.180 e. The highest BCUT2D eigenvalue weighted by molar-refractivity contribution is 6.31. The van der Waals surface area contributed by atoms with Gasteiger partial charge < -0.3 is 11.1 Å². The lowest BCUT2D eigenvalue weighted by Crippen LogP contribution is -2.39. The lowest BCUT2D eigenvalue weighted by atomic mass is 10.1. The number of hydrogen-bond donors (Lipinski definition) is 2. The van der Waals surface area contributed by atoms with E-state index in [9.17, 15) is 4.79 Å². The number of hydrogen-bond acceptors (Lipinski definition) is 4. The Morgan fingerprint density at radius 1 is 1.56 bits per heavy atom. The summed E-state index contributed by atoms with van der Waals surface area (Å²) in [6, 6.07) is 1.54. The lowest BCUT2D eigenvalue weighted by molar-refractivity contribution is 0.0982. The second-order valence-electron chi connectivity index (χ2n) is 4.61. The van der Waals surface area contributed by atoms with Gasteiger partial charge in [-0.15, -0.1) is 0 Å². The zero-order chi connectivity index (χ0) is 12.3. The summed E-state index contributed by atoms with van der Waals surface area (Å²) in [5.41, 5.74) is 5.86. The molecule has 1 heterocycles. The molecule has 0 unspecified atom stereocenters. The third-order valence-corrected chi connectivity index (χ3v) is 2.17.